The molecule has 0 aliphatic rings. The molecule has 0 amide bonds. The fourth-order valence-electron chi connectivity index (χ4n) is 4.72. The van der Waals surface area contributed by atoms with E-state index in [9.17, 15) is 17.6 Å². The predicted octanol–water partition coefficient (Wildman–Crippen LogP) is 9.71. The maximum Gasteiger partial charge on any atom is 0.416 e. The van der Waals surface area contributed by atoms with Crippen molar-refractivity contribution < 1.29 is 17.6 Å². The Labute approximate surface area is 219 Å². The number of halogens is 4. The highest BCUT2D eigenvalue weighted by Gasteiger charge is 2.30. The van der Waals surface area contributed by atoms with Crippen molar-refractivity contribution in [3.63, 3.8) is 0 Å². The van der Waals surface area contributed by atoms with Gasteiger partial charge in [0.15, 0.2) is 0 Å². The molecule has 0 bridgehead atoms. The van der Waals surface area contributed by atoms with Gasteiger partial charge in [0.1, 0.15) is 5.82 Å². The summed E-state index contributed by atoms with van der Waals surface area (Å²) in [7, 11) is 0. The van der Waals surface area contributed by atoms with Crippen LogP contribution in [0.25, 0.3) is 11.1 Å². The van der Waals surface area contributed by atoms with Crippen molar-refractivity contribution in [3.05, 3.63) is 94.8 Å². The molecule has 0 fully saturated rings. The van der Waals surface area contributed by atoms with Gasteiger partial charge in [-0.25, -0.2) is 4.39 Å². The second kappa shape index (κ2) is 12.7. The van der Waals surface area contributed by atoms with Crippen LogP contribution in [0.2, 0.25) is 0 Å². The zero-order valence-electron chi connectivity index (χ0n) is 22.6. The van der Waals surface area contributed by atoms with Gasteiger partial charge in [-0.15, -0.1) is 0 Å². The van der Waals surface area contributed by atoms with Crippen LogP contribution >= 0.6 is 0 Å². The summed E-state index contributed by atoms with van der Waals surface area (Å²) in [6.07, 6.45) is -2.28. The lowest BCUT2D eigenvalue weighted by atomic mass is 9.88. The van der Waals surface area contributed by atoms with E-state index in [4.69, 9.17) is 0 Å². The van der Waals surface area contributed by atoms with E-state index in [1.54, 1.807) is 12.1 Å². The number of hydrogen-bond donors (Lipinski definition) is 0. The summed E-state index contributed by atoms with van der Waals surface area (Å²) in [6, 6.07) is 18.5. The molecular weight excluding hydrogens is 474 g/mol. The van der Waals surface area contributed by atoms with Crippen LogP contribution in [-0.2, 0) is 19.3 Å². The standard InChI is InChI=1S/C32H39F4N/c1-22(2)14-15-37(20-25-6-12-31(33)13-7-25)21-26-17-28(24(5)16-23(3)4)19-29(18-26)27-8-10-30(11-9-27)32(34,35)36/h6-13,17-19,22-24H,14-16,20-21H2,1-5H3. The lowest BCUT2D eigenvalue weighted by Crippen LogP contribution is -2.25. The highest BCUT2D eigenvalue weighted by Crippen LogP contribution is 2.33. The van der Waals surface area contributed by atoms with Crippen molar-refractivity contribution in [2.75, 3.05) is 6.54 Å². The van der Waals surface area contributed by atoms with Crippen LogP contribution in [0.3, 0.4) is 0 Å². The van der Waals surface area contributed by atoms with Crippen molar-refractivity contribution >= 4 is 0 Å². The minimum atomic E-state index is -4.35. The SMILES string of the molecule is CC(C)CCN(Cc1ccc(F)cc1)Cc1cc(-c2ccc(C(F)(F)F)cc2)cc(C(C)CC(C)C)c1. The topological polar surface area (TPSA) is 3.24 Å². The number of nitrogens with zero attached hydrogens (tertiary/aromatic N) is 1. The number of benzene rings is 3. The van der Waals surface area contributed by atoms with Crippen molar-refractivity contribution in [1.29, 1.82) is 0 Å². The Bertz CT molecular complexity index is 1120. The maximum absolute atomic E-state index is 13.5. The van der Waals surface area contributed by atoms with E-state index in [1.807, 2.05) is 12.1 Å². The van der Waals surface area contributed by atoms with Gasteiger partial charge >= 0.3 is 6.18 Å². The van der Waals surface area contributed by atoms with E-state index in [2.05, 4.69) is 57.7 Å². The van der Waals surface area contributed by atoms with Crippen molar-refractivity contribution in [1.82, 2.24) is 4.90 Å². The molecule has 0 saturated carbocycles. The molecule has 0 aliphatic carbocycles. The summed E-state index contributed by atoms with van der Waals surface area (Å²) < 4.78 is 52.8. The highest BCUT2D eigenvalue weighted by molar-refractivity contribution is 5.66. The molecule has 0 aliphatic heterocycles. The quantitative estimate of drug-likeness (QED) is 0.231. The van der Waals surface area contributed by atoms with E-state index < -0.39 is 11.7 Å². The zero-order chi connectivity index (χ0) is 27.2. The van der Waals surface area contributed by atoms with Crippen LogP contribution in [-0.4, -0.2) is 11.4 Å². The normalized spacial score (nSPS) is 13.1. The van der Waals surface area contributed by atoms with Gasteiger partial charge in [0.25, 0.3) is 0 Å². The predicted molar refractivity (Wildman–Crippen MR) is 145 cm³/mol. The molecule has 3 aromatic rings. The van der Waals surface area contributed by atoms with Gasteiger partial charge in [-0.3, -0.25) is 4.90 Å². The summed E-state index contributed by atoms with van der Waals surface area (Å²) in [5.41, 5.74) is 4.46. The van der Waals surface area contributed by atoms with E-state index in [0.29, 0.717) is 30.8 Å². The van der Waals surface area contributed by atoms with Crippen LogP contribution in [0, 0.1) is 17.7 Å². The molecular formula is C32H39F4N. The molecule has 0 N–H and O–H groups in total. The Hall–Kier alpha value is -2.66. The Morgan fingerprint density at radius 2 is 1.32 bits per heavy atom. The van der Waals surface area contributed by atoms with Crippen LogP contribution in [0.1, 0.15) is 75.6 Å². The van der Waals surface area contributed by atoms with Crippen molar-refractivity contribution in [2.45, 2.75) is 72.6 Å². The van der Waals surface area contributed by atoms with Gasteiger partial charge in [0.05, 0.1) is 5.56 Å². The largest absolute Gasteiger partial charge is 0.416 e. The molecule has 3 aromatic carbocycles. The number of hydrogen-bond acceptors (Lipinski definition) is 1. The first-order valence-electron chi connectivity index (χ1n) is 13.2. The molecule has 3 rings (SSSR count). The van der Waals surface area contributed by atoms with E-state index >= 15 is 0 Å². The summed E-state index contributed by atoms with van der Waals surface area (Å²) in [5, 5.41) is 0. The van der Waals surface area contributed by atoms with Crippen LogP contribution in [0.5, 0.6) is 0 Å². The van der Waals surface area contributed by atoms with E-state index in [0.717, 1.165) is 53.8 Å². The third-order valence-electron chi connectivity index (χ3n) is 6.70. The van der Waals surface area contributed by atoms with E-state index in [-0.39, 0.29) is 5.82 Å². The highest BCUT2D eigenvalue weighted by atomic mass is 19.4. The Morgan fingerprint density at radius 3 is 1.89 bits per heavy atom. The lowest BCUT2D eigenvalue weighted by Gasteiger charge is -2.25. The van der Waals surface area contributed by atoms with Crippen LogP contribution in [0.15, 0.2) is 66.7 Å². The Balaban J connectivity index is 1.96. The first kappa shape index (κ1) is 28.9. The van der Waals surface area contributed by atoms with Crippen LogP contribution < -0.4 is 0 Å². The molecule has 0 radical (unpaired) electrons. The van der Waals surface area contributed by atoms with Crippen LogP contribution in [0.4, 0.5) is 17.6 Å². The third-order valence-corrected chi connectivity index (χ3v) is 6.70. The van der Waals surface area contributed by atoms with Crippen molar-refractivity contribution in [3.8, 4) is 11.1 Å². The summed E-state index contributed by atoms with van der Waals surface area (Å²) in [6.45, 7) is 13.3. The molecule has 0 saturated heterocycles. The molecule has 37 heavy (non-hydrogen) atoms. The third kappa shape index (κ3) is 8.99. The van der Waals surface area contributed by atoms with Gasteiger partial charge in [0.2, 0.25) is 0 Å². The number of rotatable bonds is 11. The fraction of sp³-hybridized carbons (Fsp3) is 0.438. The second-order valence-corrected chi connectivity index (χ2v) is 11.1. The van der Waals surface area contributed by atoms with Gasteiger partial charge < -0.3 is 0 Å². The number of alkyl halides is 3. The molecule has 5 heteroatoms. The minimum absolute atomic E-state index is 0.245. The molecule has 0 heterocycles. The molecule has 0 spiro atoms. The molecule has 1 nitrogen and oxygen atoms in total. The monoisotopic (exact) mass is 513 g/mol. The lowest BCUT2D eigenvalue weighted by molar-refractivity contribution is -0.137. The van der Waals surface area contributed by atoms with Gasteiger partial charge in [-0.1, -0.05) is 71.0 Å². The fourth-order valence-corrected chi connectivity index (χ4v) is 4.72. The Morgan fingerprint density at radius 1 is 0.703 bits per heavy atom. The average molecular weight is 514 g/mol. The zero-order valence-corrected chi connectivity index (χ0v) is 22.6. The van der Waals surface area contributed by atoms with E-state index in [1.165, 1.54) is 17.7 Å². The molecule has 1 atom stereocenters. The molecule has 0 aromatic heterocycles. The average Bonchev–Trinajstić information content (AvgIpc) is 2.83. The summed E-state index contributed by atoms with van der Waals surface area (Å²) in [5.74, 6) is 1.17. The first-order valence-corrected chi connectivity index (χ1v) is 13.2. The maximum atomic E-state index is 13.5. The second-order valence-electron chi connectivity index (χ2n) is 11.1. The summed E-state index contributed by atoms with van der Waals surface area (Å²) in [4.78, 5) is 2.37. The Kier molecular flexibility index (Phi) is 9.94. The first-order chi connectivity index (χ1) is 17.4. The summed E-state index contributed by atoms with van der Waals surface area (Å²) >= 11 is 0. The minimum Gasteiger partial charge on any atom is -0.295 e. The van der Waals surface area contributed by atoms with Crippen molar-refractivity contribution in [2.24, 2.45) is 11.8 Å². The van der Waals surface area contributed by atoms with Gasteiger partial charge in [-0.05, 0) is 95.3 Å². The molecule has 1 unspecified atom stereocenters. The smallest absolute Gasteiger partial charge is 0.295 e. The van der Waals surface area contributed by atoms with Gasteiger partial charge in [-0.2, -0.15) is 13.2 Å². The molecule has 200 valence electrons. The van der Waals surface area contributed by atoms with Gasteiger partial charge in [0, 0.05) is 13.1 Å².